The molecule has 3 aromatic rings. The molecule has 0 saturated heterocycles. The number of para-hydroxylation sites is 2. The number of thioether (sulfide) groups is 1. The van der Waals surface area contributed by atoms with Crippen molar-refractivity contribution in [2.45, 2.75) is 5.22 Å². The standard InChI is InChI=1S/C20H15NO5S/c1-3-10-25-16-9-8-13(11-17(16)24-2)12-18(19(22)23)27-20-21-14-6-4-5-7-15(14)26-20/h1,4-9,11-12H,10H2,2H3,(H,22,23)/p-1/b18-12+. The van der Waals surface area contributed by atoms with Crippen LogP contribution in [0.1, 0.15) is 5.56 Å². The predicted molar refractivity (Wildman–Crippen MR) is 100 cm³/mol. The molecule has 0 saturated carbocycles. The highest BCUT2D eigenvalue weighted by Crippen LogP contribution is 2.33. The third-order valence-electron chi connectivity index (χ3n) is 3.47. The number of methoxy groups -OCH3 is 1. The Bertz CT molecular complexity index is 1010. The second-order valence-corrected chi connectivity index (χ2v) is 6.24. The number of carbonyl (C=O) groups excluding carboxylic acids is 1. The van der Waals surface area contributed by atoms with Gasteiger partial charge in [0.2, 0.25) is 0 Å². The van der Waals surface area contributed by atoms with Crippen LogP contribution in [0, 0.1) is 12.3 Å². The van der Waals surface area contributed by atoms with Gasteiger partial charge in [-0.15, -0.1) is 6.42 Å². The van der Waals surface area contributed by atoms with Gasteiger partial charge < -0.3 is 23.8 Å². The van der Waals surface area contributed by atoms with Gasteiger partial charge in [0.25, 0.3) is 5.22 Å². The fourth-order valence-electron chi connectivity index (χ4n) is 2.28. The first-order valence-electron chi connectivity index (χ1n) is 7.81. The van der Waals surface area contributed by atoms with Crippen molar-refractivity contribution < 1.29 is 23.8 Å². The van der Waals surface area contributed by atoms with E-state index < -0.39 is 5.97 Å². The molecule has 0 atom stereocenters. The van der Waals surface area contributed by atoms with Crippen molar-refractivity contribution in [3.05, 3.63) is 52.9 Å². The number of carboxylic acid groups (broad SMARTS) is 1. The van der Waals surface area contributed by atoms with Crippen LogP contribution in [0.15, 0.2) is 57.0 Å². The maximum Gasteiger partial charge on any atom is 0.261 e. The average Bonchev–Trinajstić information content (AvgIpc) is 3.08. The molecule has 0 bridgehead atoms. The molecular formula is C20H14NO5S-. The zero-order valence-corrected chi connectivity index (χ0v) is 15.1. The molecule has 0 aliphatic carbocycles. The van der Waals surface area contributed by atoms with E-state index in [9.17, 15) is 9.90 Å². The minimum Gasteiger partial charge on any atom is -0.544 e. The summed E-state index contributed by atoms with van der Waals surface area (Å²) in [5, 5.41) is 11.8. The highest BCUT2D eigenvalue weighted by Gasteiger charge is 2.11. The Kier molecular flexibility index (Phi) is 5.69. The third-order valence-corrected chi connectivity index (χ3v) is 4.32. The highest BCUT2D eigenvalue weighted by molar-refractivity contribution is 8.03. The van der Waals surface area contributed by atoms with E-state index in [0.717, 1.165) is 11.8 Å². The van der Waals surface area contributed by atoms with Gasteiger partial charge in [-0.25, -0.2) is 4.98 Å². The van der Waals surface area contributed by atoms with Crippen molar-refractivity contribution >= 4 is 34.9 Å². The summed E-state index contributed by atoms with van der Waals surface area (Å²) in [6, 6.07) is 12.2. The lowest BCUT2D eigenvalue weighted by Gasteiger charge is -2.10. The van der Waals surface area contributed by atoms with Crippen molar-refractivity contribution in [2.75, 3.05) is 13.7 Å². The Morgan fingerprint density at radius 1 is 1.33 bits per heavy atom. The Morgan fingerprint density at radius 3 is 2.85 bits per heavy atom. The fraction of sp³-hybridized carbons (Fsp3) is 0.100. The van der Waals surface area contributed by atoms with Crippen LogP contribution in [0.3, 0.4) is 0 Å². The zero-order valence-electron chi connectivity index (χ0n) is 14.3. The summed E-state index contributed by atoms with van der Waals surface area (Å²) in [6.07, 6.45) is 6.63. The number of carbonyl (C=O) groups is 1. The summed E-state index contributed by atoms with van der Waals surface area (Å²) < 4.78 is 16.2. The van der Waals surface area contributed by atoms with Crippen LogP contribution < -0.4 is 14.6 Å². The van der Waals surface area contributed by atoms with Crippen LogP contribution in [0.5, 0.6) is 11.5 Å². The Hall–Kier alpha value is -3.37. The van der Waals surface area contributed by atoms with E-state index in [2.05, 4.69) is 10.9 Å². The number of oxazole rings is 1. The third kappa shape index (κ3) is 4.43. The molecule has 0 spiro atoms. The van der Waals surface area contributed by atoms with E-state index in [1.165, 1.54) is 13.2 Å². The molecular weight excluding hydrogens is 366 g/mol. The molecule has 27 heavy (non-hydrogen) atoms. The molecule has 7 heteroatoms. The van der Waals surface area contributed by atoms with Crippen LogP contribution in [0.4, 0.5) is 0 Å². The molecule has 6 nitrogen and oxygen atoms in total. The molecule has 3 rings (SSSR count). The van der Waals surface area contributed by atoms with Gasteiger partial charge in [-0.2, -0.15) is 0 Å². The lowest BCUT2D eigenvalue weighted by molar-refractivity contribution is -0.298. The van der Waals surface area contributed by atoms with Crippen molar-refractivity contribution in [1.29, 1.82) is 0 Å². The number of fused-ring (bicyclic) bond motifs is 1. The summed E-state index contributed by atoms with van der Waals surface area (Å²) in [5.41, 5.74) is 1.81. The second-order valence-electron chi connectivity index (χ2n) is 5.25. The number of aromatic nitrogens is 1. The molecule has 1 aromatic heterocycles. The van der Waals surface area contributed by atoms with E-state index in [-0.39, 0.29) is 16.7 Å². The van der Waals surface area contributed by atoms with Gasteiger partial charge in [0.1, 0.15) is 12.1 Å². The summed E-state index contributed by atoms with van der Waals surface area (Å²) in [4.78, 5) is 15.7. The van der Waals surface area contributed by atoms with Gasteiger partial charge in [0.05, 0.1) is 13.1 Å². The number of hydrogen-bond acceptors (Lipinski definition) is 7. The normalized spacial score (nSPS) is 11.2. The molecule has 0 fully saturated rings. The number of rotatable bonds is 7. The first-order chi connectivity index (χ1) is 13.1. The van der Waals surface area contributed by atoms with Gasteiger partial charge in [-0.1, -0.05) is 24.1 Å². The Balaban J connectivity index is 1.89. The van der Waals surface area contributed by atoms with Gasteiger partial charge in [-0.05, 0) is 47.7 Å². The Labute approximate surface area is 159 Å². The lowest BCUT2D eigenvalue weighted by Crippen LogP contribution is -2.23. The van der Waals surface area contributed by atoms with Gasteiger partial charge in [0.15, 0.2) is 17.1 Å². The summed E-state index contributed by atoms with van der Waals surface area (Å²) in [5.74, 6) is 1.93. The number of terminal acetylenes is 1. The zero-order chi connectivity index (χ0) is 19.2. The molecule has 0 N–H and O–H groups in total. The van der Waals surface area contributed by atoms with E-state index in [0.29, 0.717) is 28.2 Å². The van der Waals surface area contributed by atoms with E-state index in [1.54, 1.807) is 30.3 Å². The van der Waals surface area contributed by atoms with Crippen LogP contribution in [-0.4, -0.2) is 24.7 Å². The molecule has 0 aliphatic heterocycles. The molecule has 0 radical (unpaired) electrons. The SMILES string of the molecule is C#CCOc1ccc(/C=C(/Sc2nc3ccccc3o2)C(=O)[O-])cc1OC. The van der Waals surface area contributed by atoms with Crippen LogP contribution >= 0.6 is 11.8 Å². The number of nitrogens with zero attached hydrogens (tertiary/aromatic N) is 1. The Morgan fingerprint density at radius 2 is 2.15 bits per heavy atom. The minimum absolute atomic E-state index is 0.0547. The number of ether oxygens (including phenoxy) is 2. The number of aliphatic carboxylic acids is 1. The van der Waals surface area contributed by atoms with E-state index >= 15 is 0 Å². The predicted octanol–water partition coefficient (Wildman–Crippen LogP) is 2.73. The maximum absolute atomic E-state index is 11.5. The van der Waals surface area contributed by atoms with Gasteiger partial charge in [0, 0.05) is 4.91 Å². The number of hydrogen-bond donors (Lipinski definition) is 0. The maximum atomic E-state index is 11.5. The van der Waals surface area contributed by atoms with Gasteiger partial charge >= 0.3 is 0 Å². The first kappa shape index (κ1) is 18.4. The van der Waals surface area contributed by atoms with Crippen molar-refractivity contribution in [1.82, 2.24) is 4.98 Å². The monoisotopic (exact) mass is 380 g/mol. The fourth-order valence-corrected chi connectivity index (χ4v) is 3.02. The van der Waals surface area contributed by atoms with Crippen molar-refractivity contribution in [3.63, 3.8) is 0 Å². The van der Waals surface area contributed by atoms with Crippen molar-refractivity contribution in [2.24, 2.45) is 0 Å². The van der Waals surface area contributed by atoms with E-state index in [4.69, 9.17) is 20.3 Å². The second kappa shape index (κ2) is 8.34. The molecule has 136 valence electrons. The number of carboxylic acids is 1. The average molecular weight is 380 g/mol. The molecule has 2 aromatic carbocycles. The highest BCUT2D eigenvalue weighted by atomic mass is 32.2. The minimum atomic E-state index is -1.34. The molecule has 1 heterocycles. The molecule has 0 aliphatic rings. The molecule has 0 unspecified atom stereocenters. The summed E-state index contributed by atoms with van der Waals surface area (Å²) in [7, 11) is 1.48. The van der Waals surface area contributed by atoms with Crippen LogP contribution in [0.25, 0.3) is 17.2 Å². The van der Waals surface area contributed by atoms with E-state index in [1.807, 2.05) is 12.1 Å². The smallest absolute Gasteiger partial charge is 0.261 e. The van der Waals surface area contributed by atoms with Crippen LogP contribution in [0.2, 0.25) is 0 Å². The largest absolute Gasteiger partial charge is 0.544 e. The van der Waals surface area contributed by atoms with Crippen LogP contribution in [-0.2, 0) is 4.79 Å². The summed E-state index contributed by atoms with van der Waals surface area (Å²) in [6.45, 7) is 0.101. The van der Waals surface area contributed by atoms with Crippen molar-refractivity contribution in [3.8, 4) is 23.8 Å². The summed E-state index contributed by atoms with van der Waals surface area (Å²) >= 11 is 0.872. The quantitative estimate of drug-likeness (QED) is 0.354. The first-order valence-corrected chi connectivity index (χ1v) is 8.63. The topological polar surface area (TPSA) is 84.6 Å². The number of benzene rings is 2. The van der Waals surface area contributed by atoms with Gasteiger partial charge in [-0.3, -0.25) is 0 Å². The lowest BCUT2D eigenvalue weighted by atomic mass is 10.2. The molecule has 0 amide bonds.